The molecular formula is C23H27ClN2O7S. The van der Waals surface area contributed by atoms with Gasteiger partial charge in [0.2, 0.25) is 10.0 Å². The molecule has 2 aromatic carbocycles. The highest BCUT2D eigenvalue weighted by Crippen LogP contribution is 2.34. The van der Waals surface area contributed by atoms with E-state index in [9.17, 15) is 18.0 Å². The number of methoxy groups -OCH3 is 3. The zero-order chi connectivity index (χ0) is 25.0. The molecule has 0 bridgehead atoms. The molecule has 0 unspecified atom stereocenters. The van der Waals surface area contributed by atoms with Crippen LogP contribution in [0.25, 0.3) is 0 Å². The molecule has 9 nitrogen and oxygen atoms in total. The van der Waals surface area contributed by atoms with Crippen LogP contribution in [-0.2, 0) is 14.8 Å². The Morgan fingerprint density at radius 3 is 2.38 bits per heavy atom. The van der Waals surface area contributed by atoms with Gasteiger partial charge in [0.15, 0.2) is 11.5 Å². The third-order valence-electron chi connectivity index (χ3n) is 5.61. The first-order chi connectivity index (χ1) is 16.1. The van der Waals surface area contributed by atoms with Crippen molar-refractivity contribution < 1.29 is 32.2 Å². The number of carbonyl (C=O) groups excluding carboxylic acids is 2. The minimum atomic E-state index is -3.89. The number of nitrogens with one attached hydrogen (secondary N) is 1. The van der Waals surface area contributed by atoms with Gasteiger partial charge < -0.3 is 19.5 Å². The summed E-state index contributed by atoms with van der Waals surface area (Å²) >= 11 is 6.23. The first kappa shape index (κ1) is 25.8. The number of benzene rings is 2. The highest BCUT2D eigenvalue weighted by Gasteiger charge is 2.31. The maximum absolute atomic E-state index is 13.2. The molecule has 0 radical (unpaired) electrons. The number of sulfonamides is 1. The van der Waals surface area contributed by atoms with Crippen molar-refractivity contribution in [3.63, 3.8) is 0 Å². The van der Waals surface area contributed by atoms with E-state index in [-0.39, 0.29) is 44.1 Å². The van der Waals surface area contributed by atoms with Crippen LogP contribution in [0.15, 0.2) is 35.2 Å². The number of nitrogens with zero attached hydrogens (tertiary/aromatic N) is 1. The zero-order valence-corrected chi connectivity index (χ0v) is 21.0. The van der Waals surface area contributed by atoms with Gasteiger partial charge in [-0.2, -0.15) is 4.31 Å². The summed E-state index contributed by atoms with van der Waals surface area (Å²) in [5.41, 5.74) is 0.204. The summed E-state index contributed by atoms with van der Waals surface area (Å²) < 4.78 is 43.2. The number of piperidine rings is 1. The smallest absolute Gasteiger partial charge is 0.340 e. The summed E-state index contributed by atoms with van der Waals surface area (Å²) in [5.74, 6) is -0.552. The van der Waals surface area contributed by atoms with Crippen LogP contribution in [0.2, 0.25) is 5.02 Å². The molecule has 1 N–H and O–H groups in total. The second kappa shape index (κ2) is 10.6. The molecule has 0 saturated carbocycles. The summed E-state index contributed by atoms with van der Waals surface area (Å²) in [6.45, 7) is 2.78. The van der Waals surface area contributed by atoms with Gasteiger partial charge in [0, 0.05) is 30.8 Å². The molecule has 1 fully saturated rings. The van der Waals surface area contributed by atoms with E-state index in [0.29, 0.717) is 13.1 Å². The fourth-order valence-electron chi connectivity index (χ4n) is 3.80. The Labute approximate surface area is 204 Å². The second-order valence-electron chi connectivity index (χ2n) is 7.95. The highest BCUT2D eigenvalue weighted by molar-refractivity contribution is 7.89. The van der Waals surface area contributed by atoms with E-state index in [4.69, 9.17) is 25.8 Å². The minimum absolute atomic E-state index is 0.0242. The molecule has 1 atom stereocenters. The summed E-state index contributed by atoms with van der Waals surface area (Å²) in [6, 6.07) is 6.83. The van der Waals surface area contributed by atoms with Gasteiger partial charge in [-0.15, -0.1) is 0 Å². The molecule has 1 saturated heterocycles. The van der Waals surface area contributed by atoms with Gasteiger partial charge in [-0.3, -0.25) is 4.79 Å². The molecule has 184 valence electrons. The van der Waals surface area contributed by atoms with E-state index in [1.807, 2.05) is 6.92 Å². The molecule has 34 heavy (non-hydrogen) atoms. The highest BCUT2D eigenvalue weighted by atomic mass is 35.5. The van der Waals surface area contributed by atoms with E-state index in [0.717, 1.165) is 12.8 Å². The number of hydrogen-bond donors (Lipinski definition) is 1. The van der Waals surface area contributed by atoms with Crippen molar-refractivity contribution in [1.29, 1.82) is 0 Å². The lowest BCUT2D eigenvalue weighted by Crippen LogP contribution is -2.39. The average molecular weight is 511 g/mol. The van der Waals surface area contributed by atoms with Crippen LogP contribution in [0.4, 0.5) is 5.69 Å². The number of anilines is 1. The fourth-order valence-corrected chi connectivity index (χ4v) is 5.90. The Balaban J connectivity index is 1.97. The van der Waals surface area contributed by atoms with E-state index in [1.54, 1.807) is 0 Å². The average Bonchev–Trinajstić information content (AvgIpc) is 2.83. The van der Waals surface area contributed by atoms with Crippen LogP contribution in [0.5, 0.6) is 11.5 Å². The van der Waals surface area contributed by atoms with Crippen LogP contribution in [0, 0.1) is 5.92 Å². The normalized spacial score (nSPS) is 16.6. The van der Waals surface area contributed by atoms with E-state index in [2.05, 4.69) is 5.32 Å². The Morgan fingerprint density at radius 1 is 1.09 bits per heavy atom. The first-order valence-corrected chi connectivity index (χ1v) is 12.4. The van der Waals surface area contributed by atoms with Crippen molar-refractivity contribution in [2.75, 3.05) is 39.7 Å². The van der Waals surface area contributed by atoms with Gasteiger partial charge in [-0.1, -0.05) is 18.5 Å². The van der Waals surface area contributed by atoms with Crippen molar-refractivity contribution >= 4 is 39.2 Å². The van der Waals surface area contributed by atoms with Crippen molar-refractivity contribution in [3.05, 3.63) is 46.5 Å². The van der Waals surface area contributed by atoms with Gasteiger partial charge in [0.25, 0.3) is 5.91 Å². The Bertz CT molecular complexity index is 1200. The zero-order valence-electron chi connectivity index (χ0n) is 19.4. The Kier molecular flexibility index (Phi) is 8.06. The minimum Gasteiger partial charge on any atom is -0.493 e. The molecule has 1 aliphatic heterocycles. The lowest BCUT2D eigenvalue weighted by atomic mass is 10.0. The molecular weight excluding hydrogens is 484 g/mol. The van der Waals surface area contributed by atoms with E-state index >= 15 is 0 Å². The van der Waals surface area contributed by atoms with Crippen molar-refractivity contribution in [2.24, 2.45) is 5.92 Å². The quantitative estimate of drug-likeness (QED) is 0.563. The van der Waals surface area contributed by atoms with Crippen LogP contribution in [-0.4, -0.2) is 59.0 Å². The van der Waals surface area contributed by atoms with Crippen molar-refractivity contribution in [3.8, 4) is 11.5 Å². The number of ether oxygens (including phenoxy) is 3. The summed E-state index contributed by atoms with van der Waals surface area (Å²) in [5, 5.41) is 2.65. The molecule has 0 aliphatic carbocycles. The predicted molar refractivity (Wildman–Crippen MR) is 127 cm³/mol. The van der Waals surface area contributed by atoms with Crippen LogP contribution in [0.1, 0.15) is 40.5 Å². The maximum atomic E-state index is 13.2. The van der Waals surface area contributed by atoms with Gasteiger partial charge >= 0.3 is 5.97 Å². The van der Waals surface area contributed by atoms with Crippen molar-refractivity contribution in [2.45, 2.75) is 24.7 Å². The predicted octanol–water partition coefficient (Wildman–Crippen LogP) is 3.82. The molecule has 1 aliphatic rings. The molecule has 11 heteroatoms. The molecule has 2 aromatic rings. The summed E-state index contributed by atoms with van der Waals surface area (Å²) in [6.07, 6.45) is 1.71. The maximum Gasteiger partial charge on any atom is 0.340 e. The third-order valence-corrected chi connectivity index (χ3v) is 7.95. The van der Waals surface area contributed by atoms with Gasteiger partial charge in [0.05, 0.1) is 37.6 Å². The van der Waals surface area contributed by atoms with Crippen LogP contribution < -0.4 is 14.8 Å². The van der Waals surface area contributed by atoms with Gasteiger partial charge in [-0.25, -0.2) is 13.2 Å². The van der Waals surface area contributed by atoms with Crippen LogP contribution >= 0.6 is 11.6 Å². The number of esters is 1. The summed E-state index contributed by atoms with van der Waals surface area (Å²) in [4.78, 5) is 25.2. The van der Waals surface area contributed by atoms with Gasteiger partial charge in [-0.05, 0) is 37.0 Å². The molecule has 0 spiro atoms. The number of halogens is 1. The Morgan fingerprint density at radius 2 is 1.76 bits per heavy atom. The standard InChI is InChI=1S/C23H27ClN2O7S/c1-14-6-5-9-26(13-14)34(29,30)21-10-15(7-8-17(21)24)22(27)25-18-12-20(32-3)19(31-2)11-16(18)23(28)33-4/h7-8,10-12,14H,5-6,9,13H2,1-4H3,(H,25,27)/t14-/m0/s1. The number of hydrogen-bond acceptors (Lipinski definition) is 7. The molecule has 1 heterocycles. The number of amides is 1. The van der Waals surface area contributed by atoms with E-state index in [1.165, 1.54) is 56.0 Å². The van der Waals surface area contributed by atoms with Gasteiger partial charge in [0.1, 0.15) is 4.90 Å². The SMILES string of the molecule is COC(=O)c1cc(OC)c(OC)cc1NC(=O)c1ccc(Cl)c(S(=O)(=O)N2CCC[C@H](C)C2)c1. The third kappa shape index (κ3) is 5.29. The fraction of sp³-hybridized carbons (Fsp3) is 0.391. The van der Waals surface area contributed by atoms with Crippen molar-refractivity contribution in [1.82, 2.24) is 4.31 Å². The Hall–Kier alpha value is -2.82. The first-order valence-electron chi connectivity index (χ1n) is 10.6. The lowest BCUT2D eigenvalue weighted by molar-refractivity contribution is 0.0601. The largest absolute Gasteiger partial charge is 0.493 e. The number of rotatable bonds is 7. The summed E-state index contributed by atoms with van der Waals surface area (Å²) in [7, 11) is 0.150. The molecule has 1 amide bonds. The molecule has 0 aromatic heterocycles. The van der Waals surface area contributed by atoms with Crippen LogP contribution in [0.3, 0.4) is 0 Å². The monoisotopic (exact) mass is 510 g/mol. The molecule has 3 rings (SSSR count). The van der Waals surface area contributed by atoms with E-state index < -0.39 is 21.9 Å². The second-order valence-corrected chi connectivity index (χ2v) is 10.3. The topological polar surface area (TPSA) is 111 Å². The lowest BCUT2D eigenvalue weighted by Gasteiger charge is -2.30. The number of carbonyl (C=O) groups is 2.